The highest BCUT2D eigenvalue weighted by Crippen LogP contribution is 2.03. The molecule has 0 spiro atoms. The van der Waals surface area contributed by atoms with Crippen LogP contribution >= 0.6 is 0 Å². The molecule has 1 heterocycles. The first-order valence-electron chi connectivity index (χ1n) is 3.80. The summed E-state index contributed by atoms with van der Waals surface area (Å²) in [6.07, 6.45) is 1.52. The van der Waals surface area contributed by atoms with Crippen LogP contribution in [0, 0.1) is 0 Å². The number of carbonyl (C=O) groups excluding carboxylic acids is 1. The Hall–Kier alpha value is -1.10. The van der Waals surface area contributed by atoms with Crippen molar-refractivity contribution in [1.82, 2.24) is 5.32 Å². The van der Waals surface area contributed by atoms with Crippen LogP contribution in [0.1, 0.15) is 5.76 Å². The Morgan fingerprint density at radius 3 is 3.00 bits per heavy atom. The number of rotatable bonds is 4. The molecule has 0 saturated carbocycles. The Balaban J connectivity index is 2.38. The second-order valence-electron chi connectivity index (χ2n) is 2.48. The van der Waals surface area contributed by atoms with E-state index in [0.717, 1.165) is 0 Å². The van der Waals surface area contributed by atoms with Crippen LogP contribution in [0.4, 0.5) is 0 Å². The molecule has 0 saturated heterocycles. The molecule has 1 aromatic rings. The van der Waals surface area contributed by atoms with E-state index in [1.54, 1.807) is 12.1 Å². The maximum atomic E-state index is 11.3. The fraction of sp³-hybridized carbons (Fsp3) is 0.375. The van der Waals surface area contributed by atoms with Gasteiger partial charge in [-0.2, -0.15) is 0 Å². The Kier molecular flexibility index (Phi) is 3.70. The molecular formula is C8H11NO3S. The topological polar surface area (TPSA) is 59.3 Å². The molecule has 1 N–H and O–H groups in total. The molecule has 1 rings (SSSR count). The van der Waals surface area contributed by atoms with Crippen molar-refractivity contribution >= 4 is 16.7 Å². The maximum absolute atomic E-state index is 11.3. The largest absolute Gasteiger partial charge is 0.468 e. The van der Waals surface area contributed by atoms with E-state index < -0.39 is 10.8 Å². The molecule has 0 aromatic carbocycles. The lowest BCUT2D eigenvalue weighted by Gasteiger charge is -1.98. The van der Waals surface area contributed by atoms with Gasteiger partial charge < -0.3 is 9.73 Å². The lowest BCUT2D eigenvalue weighted by Crippen LogP contribution is -2.24. The first kappa shape index (κ1) is 9.98. The second kappa shape index (κ2) is 4.81. The lowest BCUT2D eigenvalue weighted by molar-refractivity contribution is -0.118. The van der Waals surface area contributed by atoms with Crippen molar-refractivity contribution in [2.45, 2.75) is 5.75 Å². The van der Waals surface area contributed by atoms with Gasteiger partial charge in [0.05, 0.1) is 12.0 Å². The summed E-state index contributed by atoms with van der Waals surface area (Å²) >= 11 is 0. The van der Waals surface area contributed by atoms with Crippen molar-refractivity contribution in [1.29, 1.82) is 0 Å². The highest BCUT2D eigenvalue weighted by atomic mass is 32.2. The quantitative estimate of drug-likeness (QED) is 0.761. The van der Waals surface area contributed by atoms with E-state index in [0.29, 0.717) is 11.5 Å². The third kappa shape index (κ3) is 3.42. The van der Waals surface area contributed by atoms with Crippen LogP contribution in [-0.4, -0.2) is 22.9 Å². The van der Waals surface area contributed by atoms with Gasteiger partial charge in [-0.05, 0) is 12.1 Å². The molecule has 4 nitrogen and oxygen atoms in total. The molecule has 5 heteroatoms. The molecule has 0 bridgehead atoms. The lowest BCUT2D eigenvalue weighted by atomic mass is 10.5. The fourth-order valence-corrected chi connectivity index (χ4v) is 1.84. The molecule has 0 aliphatic heterocycles. The number of furan rings is 1. The highest BCUT2D eigenvalue weighted by molar-refractivity contribution is 7.84. The number of amides is 1. The Morgan fingerprint density at radius 1 is 1.69 bits per heavy atom. The first-order valence-corrected chi connectivity index (χ1v) is 5.29. The molecule has 72 valence electrons. The van der Waals surface area contributed by atoms with E-state index in [9.17, 15) is 9.00 Å². The number of nitrogens with one attached hydrogen (secondary N) is 1. The van der Waals surface area contributed by atoms with Crippen LogP contribution in [0.5, 0.6) is 0 Å². The summed E-state index contributed by atoms with van der Waals surface area (Å²) in [6.45, 7) is 0. The van der Waals surface area contributed by atoms with Gasteiger partial charge >= 0.3 is 0 Å². The van der Waals surface area contributed by atoms with Gasteiger partial charge in [0.2, 0.25) is 5.91 Å². The smallest absolute Gasteiger partial charge is 0.232 e. The average molecular weight is 201 g/mol. The van der Waals surface area contributed by atoms with Crippen molar-refractivity contribution in [3.05, 3.63) is 24.2 Å². The van der Waals surface area contributed by atoms with Crippen LogP contribution < -0.4 is 5.32 Å². The van der Waals surface area contributed by atoms with E-state index in [1.165, 1.54) is 13.3 Å². The zero-order chi connectivity index (χ0) is 9.68. The second-order valence-corrected chi connectivity index (χ2v) is 3.94. The van der Waals surface area contributed by atoms with Gasteiger partial charge in [-0.25, -0.2) is 0 Å². The molecule has 0 aliphatic rings. The highest BCUT2D eigenvalue weighted by Gasteiger charge is 2.07. The van der Waals surface area contributed by atoms with Crippen LogP contribution in [0.3, 0.4) is 0 Å². The minimum Gasteiger partial charge on any atom is -0.468 e. The average Bonchev–Trinajstić information content (AvgIpc) is 2.56. The van der Waals surface area contributed by atoms with Gasteiger partial charge in [0, 0.05) is 17.8 Å². The van der Waals surface area contributed by atoms with Gasteiger partial charge in [-0.15, -0.1) is 0 Å². The molecule has 13 heavy (non-hydrogen) atoms. The fourth-order valence-electron chi connectivity index (χ4n) is 0.823. The zero-order valence-corrected chi connectivity index (χ0v) is 8.10. The summed E-state index contributed by atoms with van der Waals surface area (Å²) in [7, 11) is 0.335. The summed E-state index contributed by atoms with van der Waals surface area (Å²) in [5, 5.41) is 2.41. The van der Waals surface area contributed by atoms with Gasteiger partial charge in [0.1, 0.15) is 11.5 Å². The van der Waals surface area contributed by atoms with Crippen molar-refractivity contribution in [2.75, 3.05) is 12.8 Å². The molecule has 1 unspecified atom stereocenters. The summed E-state index contributed by atoms with van der Waals surface area (Å²) in [5.74, 6) is 0.740. The van der Waals surface area contributed by atoms with Crippen LogP contribution in [0.2, 0.25) is 0 Å². The summed E-state index contributed by atoms with van der Waals surface area (Å²) in [5.41, 5.74) is 0. The van der Waals surface area contributed by atoms with Gasteiger partial charge in [-0.3, -0.25) is 9.00 Å². The molecule has 1 aromatic heterocycles. The summed E-state index contributed by atoms with van der Waals surface area (Å²) in [6, 6.07) is 3.47. The minimum absolute atomic E-state index is 0.0250. The van der Waals surface area contributed by atoms with Crippen molar-refractivity contribution < 1.29 is 13.4 Å². The van der Waals surface area contributed by atoms with Gasteiger partial charge in [-0.1, -0.05) is 0 Å². The Labute approximate surface area is 78.8 Å². The Morgan fingerprint density at radius 2 is 2.46 bits per heavy atom. The molecular weight excluding hydrogens is 190 g/mol. The third-order valence-electron chi connectivity index (χ3n) is 1.45. The number of carbonyl (C=O) groups is 1. The number of hydrogen-bond acceptors (Lipinski definition) is 3. The van der Waals surface area contributed by atoms with Crippen molar-refractivity contribution in [3.63, 3.8) is 0 Å². The van der Waals surface area contributed by atoms with Crippen LogP contribution in [-0.2, 0) is 21.3 Å². The van der Waals surface area contributed by atoms with E-state index in [1.807, 2.05) is 0 Å². The predicted molar refractivity (Wildman–Crippen MR) is 49.5 cm³/mol. The summed E-state index contributed by atoms with van der Waals surface area (Å²) < 4.78 is 16.3. The van der Waals surface area contributed by atoms with Gasteiger partial charge in [0.15, 0.2) is 0 Å². The molecule has 1 atom stereocenters. The molecule has 0 fully saturated rings. The molecule has 1 amide bonds. The van der Waals surface area contributed by atoms with E-state index in [4.69, 9.17) is 4.42 Å². The normalized spacial score (nSPS) is 12.4. The minimum atomic E-state index is -1.19. The third-order valence-corrected chi connectivity index (χ3v) is 2.64. The number of hydrogen-bond donors (Lipinski definition) is 1. The maximum Gasteiger partial charge on any atom is 0.232 e. The summed E-state index contributed by atoms with van der Waals surface area (Å²) in [4.78, 5) is 10.8. The van der Waals surface area contributed by atoms with Crippen molar-refractivity contribution in [3.8, 4) is 0 Å². The van der Waals surface area contributed by atoms with Gasteiger partial charge in [0.25, 0.3) is 0 Å². The standard InChI is InChI=1S/C8H11NO3S/c1-9-8(10)6-13(11)5-7-3-2-4-12-7/h2-4H,5-6H2,1H3,(H,9,10). The van der Waals surface area contributed by atoms with Crippen molar-refractivity contribution in [2.24, 2.45) is 0 Å². The zero-order valence-electron chi connectivity index (χ0n) is 7.28. The molecule has 0 radical (unpaired) electrons. The first-order chi connectivity index (χ1) is 6.22. The molecule has 0 aliphatic carbocycles. The van der Waals surface area contributed by atoms with E-state index in [2.05, 4.69) is 5.32 Å². The van der Waals surface area contributed by atoms with E-state index >= 15 is 0 Å². The Bertz CT molecular complexity index is 294. The monoisotopic (exact) mass is 201 g/mol. The van der Waals surface area contributed by atoms with Crippen LogP contribution in [0.15, 0.2) is 22.8 Å². The predicted octanol–water partition coefficient (Wildman–Crippen LogP) is 0.274. The van der Waals surface area contributed by atoms with Crippen LogP contribution in [0.25, 0.3) is 0 Å². The van der Waals surface area contributed by atoms with E-state index in [-0.39, 0.29) is 11.7 Å². The SMILES string of the molecule is CNC(=O)CS(=O)Cc1ccco1.